The van der Waals surface area contributed by atoms with Gasteiger partial charge in [-0.25, -0.2) is 4.39 Å². The predicted molar refractivity (Wildman–Crippen MR) is 129 cm³/mol. The molecule has 0 radical (unpaired) electrons. The van der Waals surface area contributed by atoms with Crippen molar-refractivity contribution in [2.24, 2.45) is 0 Å². The first kappa shape index (κ1) is 24.8. The number of nitrogens with zero attached hydrogens (tertiary/aromatic N) is 1. The molecule has 2 aliphatic rings. The molecule has 1 aromatic carbocycles. The van der Waals surface area contributed by atoms with E-state index in [1.165, 1.54) is 18.9 Å². The zero-order valence-corrected chi connectivity index (χ0v) is 19.9. The lowest BCUT2D eigenvalue weighted by Crippen LogP contribution is -2.42. The number of amides is 1. The van der Waals surface area contributed by atoms with Crippen molar-refractivity contribution >= 4 is 17.5 Å². The first-order valence-corrected chi connectivity index (χ1v) is 12.4. The summed E-state index contributed by atoms with van der Waals surface area (Å²) in [5.41, 5.74) is 1.24. The summed E-state index contributed by atoms with van der Waals surface area (Å²) >= 11 is 6.23. The third kappa shape index (κ3) is 7.35. The van der Waals surface area contributed by atoms with Crippen LogP contribution < -0.4 is 10.1 Å². The summed E-state index contributed by atoms with van der Waals surface area (Å²) < 4.78 is 20.6. The van der Waals surface area contributed by atoms with Gasteiger partial charge in [-0.15, -0.1) is 11.6 Å². The van der Waals surface area contributed by atoms with Crippen LogP contribution in [-0.2, 0) is 0 Å². The van der Waals surface area contributed by atoms with Crippen LogP contribution in [0, 0.1) is 5.82 Å². The van der Waals surface area contributed by atoms with E-state index in [2.05, 4.69) is 30.5 Å². The second-order valence-electron chi connectivity index (χ2n) is 8.74. The van der Waals surface area contributed by atoms with Gasteiger partial charge in [0.2, 0.25) is 0 Å². The molecule has 176 valence electrons. The number of rotatable bonds is 10. The number of ether oxygens (including phenoxy) is 1. The van der Waals surface area contributed by atoms with Gasteiger partial charge in [0.05, 0.1) is 5.56 Å². The predicted octanol–water partition coefficient (Wildman–Crippen LogP) is 5.86. The molecule has 1 unspecified atom stereocenters. The lowest BCUT2D eigenvalue weighted by molar-refractivity contribution is 0.0731. The Morgan fingerprint density at radius 2 is 2.16 bits per heavy atom. The van der Waals surface area contributed by atoms with Gasteiger partial charge in [0.1, 0.15) is 18.2 Å². The number of hydrogen-bond donors (Lipinski definition) is 1. The summed E-state index contributed by atoms with van der Waals surface area (Å²) in [6.45, 7) is 4.99. The van der Waals surface area contributed by atoms with Crippen LogP contribution in [0.3, 0.4) is 0 Å². The van der Waals surface area contributed by atoms with Crippen molar-refractivity contribution in [3.63, 3.8) is 0 Å². The summed E-state index contributed by atoms with van der Waals surface area (Å²) in [7, 11) is 0. The molecule has 1 aliphatic carbocycles. The molecule has 4 nitrogen and oxygen atoms in total. The number of carbonyl (C=O) groups excluding carboxylic acids is 1. The highest BCUT2D eigenvalue weighted by atomic mass is 35.5. The van der Waals surface area contributed by atoms with Crippen molar-refractivity contribution in [1.29, 1.82) is 0 Å². The lowest BCUT2D eigenvalue weighted by atomic mass is 10.1. The van der Waals surface area contributed by atoms with Crippen LogP contribution in [0.25, 0.3) is 0 Å². The Labute approximate surface area is 196 Å². The van der Waals surface area contributed by atoms with E-state index < -0.39 is 5.82 Å². The SMILES string of the molecule is CCCCCNC[C@@H]1CCCN1C(=O)c1ccc(OCC2=CCC(Cl)CC=CC2)cc1F. The van der Waals surface area contributed by atoms with Gasteiger partial charge in [0, 0.05) is 30.6 Å². The second-order valence-corrected chi connectivity index (χ2v) is 9.36. The molecule has 1 saturated heterocycles. The van der Waals surface area contributed by atoms with Crippen molar-refractivity contribution in [2.45, 2.75) is 69.7 Å². The van der Waals surface area contributed by atoms with E-state index in [4.69, 9.17) is 16.3 Å². The van der Waals surface area contributed by atoms with Crippen LogP contribution >= 0.6 is 11.6 Å². The van der Waals surface area contributed by atoms with Crippen molar-refractivity contribution in [2.75, 3.05) is 26.2 Å². The normalized spacial score (nSPS) is 21.2. The van der Waals surface area contributed by atoms with Crippen LogP contribution in [0.4, 0.5) is 4.39 Å². The van der Waals surface area contributed by atoms with Crippen LogP contribution in [-0.4, -0.2) is 48.5 Å². The van der Waals surface area contributed by atoms with Crippen molar-refractivity contribution < 1.29 is 13.9 Å². The molecule has 0 bridgehead atoms. The van der Waals surface area contributed by atoms with Gasteiger partial charge in [-0.3, -0.25) is 4.79 Å². The first-order chi connectivity index (χ1) is 15.6. The molecule has 1 amide bonds. The summed E-state index contributed by atoms with van der Waals surface area (Å²) in [5, 5.41) is 3.56. The lowest BCUT2D eigenvalue weighted by Gasteiger charge is -2.25. The Kier molecular flexibility index (Phi) is 10.1. The molecule has 0 spiro atoms. The Morgan fingerprint density at radius 3 is 2.97 bits per heavy atom. The highest BCUT2D eigenvalue weighted by Gasteiger charge is 2.30. The molecular weight excluding hydrogens is 427 g/mol. The summed E-state index contributed by atoms with van der Waals surface area (Å²) in [6.07, 6.45) is 14.3. The maximum absolute atomic E-state index is 14.8. The minimum absolute atomic E-state index is 0.102. The maximum Gasteiger partial charge on any atom is 0.257 e. The smallest absolute Gasteiger partial charge is 0.257 e. The van der Waals surface area contributed by atoms with Crippen molar-refractivity contribution in [1.82, 2.24) is 10.2 Å². The number of allylic oxidation sites excluding steroid dienone is 3. The minimum Gasteiger partial charge on any atom is -0.489 e. The summed E-state index contributed by atoms with van der Waals surface area (Å²) in [5.74, 6) is -0.321. The van der Waals surface area contributed by atoms with Crippen LogP contribution in [0.1, 0.15) is 68.6 Å². The topological polar surface area (TPSA) is 41.6 Å². The standard InChI is InChI=1S/C26H36ClFN2O2/c1-2-3-6-15-29-18-22-10-7-16-30(22)26(31)24-14-13-23(17-25(24)28)32-19-20-8-4-5-9-21(27)12-11-20/h4-5,11,13-14,17,21-22,29H,2-3,6-10,12,15-16,18-19H2,1H3/t21?,22-/m0/s1. The average Bonchev–Trinajstić information content (AvgIpc) is 3.24. The van der Waals surface area contributed by atoms with Gasteiger partial charge in [0.25, 0.3) is 5.91 Å². The van der Waals surface area contributed by atoms with Gasteiger partial charge in [0.15, 0.2) is 0 Å². The van der Waals surface area contributed by atoms with Gasteiger partial charge < -0.3 is 15.0 Å². The number of nitrogens with one attached hydrogen (secondary N) is 1. The Morgan fingerprint density at radius 1 is 1.28 bits per heavy atom. The molecule has 0 aromatic heterocycles. The molecule has 6 heteroatoms. The monoisotopic (exact) mass is 462 g/mol. The fourth-order valence-electron chi connectivity index (χ4n) is 4.24. The molecule has 1 aromatic rings. The molecule has 3 rings (SSSR count). The van der Waals surface area contributed by atoms with E-state index in [1.54, 1.807) is 12.1 Å². The van der Waals surface area contributed by atoms with E-state index >= 15 is 0 Å². The number of likely N-dealkylation sites (tertiary alicyclic amines) is 1. The zero-order chi connectivity index (χ0) is 22.8. The molecule has 2 atom stereocenters. The molecule has 1 N–H and O–H groups in total. The molecule has 1 aliphatic heterocycles. The van der Waals surface area contributed by atoms with Crippen LogP contribution in [0.2, 0.25) is 0 Å². The molecule has 0 saturated carbocycles. The largest absolute Gasteiger partial charge is 0.489 e. The highest BCUT2D eigenvalue weighted by Crippen LogP contribution is 2.24. The van der Waals surface area contributed by atoms with Gasteiger partial charge in [-0.1, -0.05) is 38.0 Å². The first-order valence-electron chi connectivity index (χ1n) is 12.0. The Hall–Kier alpha value is -1.85. The van der Waals surface area contributed by atoms with Gasteiger partial charge in [-0.05, 0) is 62.8 Å². The number of halogens is 2. The van der Waals surface area contributed by atoms with E-state index in [0.717, 1.165) is 57.2 Å². The Balaban J connectivity index is 1.55. The van der Waals surface area contributed by atoms with E-state index in [0.29, 0.717) is 18.9 Å². The quantitative estimate of drug-likeness (QED) is 0.269. The highest BCUT2D eigenvalue weighted by molar-refractivity contribution is 6.20. The maximum atomic E-state index is 14.8. The Bertz CT molecular complexity index is 811. The van der Waals surface area contributed by atoms with E-state index in [-0.39, 0.29) is 22.9 Å². The summed E-state index contributed by atoms with van der Waals surface area (Å²) in [4.78, 5) is 14.8. The van der Waals surface area contributed by atoms with Crippen molar-refractivity contribution in [3.8, 4) is 5.75 Å². The van der Waals surface area contributed by atoms with Crippen LogP contribution in [0.15, 0.2) is 42.0 Å². The average molecular weight is 463 g/mol. The zero-order valence-electron chi connectivity index (χ0n) is 19.1. The summed E-state index contributed by atoms with van der Waals surface area (Å²) in [6, 6.07) is 4.70. The number of hydrogen-bond acceptors (Lipinski definition) is 3. The van der Waals surface area contributed by atoms with Crippen LogP contribution in [0.5, 0.6) is 5.75 Å². The minimum atomic E-state index is -0.526. The van der Waals surface area contributed by atoms with E-state index in [9.17, 15) is 9.18 Å². The van der Waals surface area contributed by atoms with E-state index in [1.807, 2.05) is 4.90 Å². The van der Waals surface area contributed by atoms with Crippen molar-refractivity contribution in [3.05, 3.63) is 53.4 Å². The second kappa shape index (κ2) is 13.0. The number of benzene rings is 1. The fraction of sp³-hybridized carbons (Fsp3) is 0.577. The molecule has 32 heavy (non-hydrogen) atoms. The fourth-order valence-corrected chi connectivity index (χ4v) is 4.44. The number of unbranched alkanes of at least 4 members (excludes halogenated alkanes) is 2. The molecule has 1 fully saturated rings. The number of alkyl halides is 1. The van der Waals surface area contributed by atoms with Gasteiger partial charge in [-0.2, -0.15) is 0 Å². The molecular formula is C26H36ClFN2O2. The van der Waals surface area contributed by atoms with Gasteiger partial charge >= 0.3 is 0 Å². The number of carbonyl (C=O) groups is 1. The third-order valence-electron chi connectivity index (χ3n) is 6.17. The molecule has 1 heterocycles. The third-order valence-corrected chi connectivity index (χ3v) is 6.53.